The molecule has 5 heteroatoms. The molecule has 0 saturated heterocycles. The second-order valence-electron chi connectivity index (χ2n) is 4.24. The molecule has 0 aliphatic heterocycles. The van der Waals surface area contributed by atoms with Crippen molar-refractivity contribution in [1.82, 2.24) is 15.5 Å². The Morgan fingerprint density at radius 1 is 1.32 bits per heavy atom. The predicted octanol–water partition coefficient (Wildman–Crippen LogP) is 2.79. The molecule has 0 aliphatic rings. The highest BCUT2D eigenvalue weighted by molar-refractivity contribution is 7.07. The molecule has 98 valence electrons. The normalized spacial score (nSPS) is 10.9. The first-order chi connectivity index (χ1) is 9.43. The van der Waals surface area contributed by atoms with E-state index in [4.69, 9.17) is 4.74 Å². The standard InChI is InChI=1S/C14H15N3OS/c1-2-13-12(9-16-17-13)14(3-1)18-6-5-15-8-11-4-7-19-10-11/h1-4,7,9-10,15H,5-6,8H2,(H,16,17). The Bertz CT molecular complexity index is 633. The van der Waals surface area contributed by atoms with Gasteiger partial charge in [0.15, 0.2) is 0 Å². The molecule has 1 aromatic carbocycles. The summed E-state index contributed by atoms with van der Waals surface area (Å²) in [5.74, 6) is 0.878. The molecular formula is C14H15N3OS. The highest BCUT2D eigenvalue weighted by Gasteiger charge is 2.02. The van der Waals surface area contributed by atoms with E-state index in [-0.39, 0.29) is 0 Å². The van der Waals surface area contributed by atoms with E-state index in [0.29, 0.717) is 6.61 Å². The van der Waals surface area contributed by atoms with Crippen LogP contribution >= 0.6 is 11.3 Å². The van der Waals surface area contributed by atoms with Gasteiger partial charge in [0.2, 0.25) is 0 Å². The number of hydrogen-bond acceptors (Lipinski definition) is 4. The Kier molecular flexibility index (Phi) is 3.76. The highest BCUT2D eigenvalue weighted by Crippen LogP contribution is 2.23. The zero-order valence-corrected chi connectivity index (χ0v) is 11.2. The zero-order chi connectivity index (χ0) is 12.9. The highest BCUT2D eigenvalue weighted by atomic mass is 32.1. The van der Waals surface area contributed by atoms with Gasteiger partial charge in [-0.2, -0.15) is 16.4 Å². The Hall–Kier alpha value is -1.85. The molecule has 0 radical (unpaired) electrons. The fourth-order valence-corrected chi connectivity index (χ4v) is 2.59. The second-order valence-corrected chi connectivity index (χ2v) is 5.02. The van der Waals surface area contributed by atoms with E-state index in [1.165, 1.54) is 5.56 Å². The molecule has 0 amide bonds. The molecule has 4 nitrogen and oxygen atoms in total. The van der Waals surface area contributed by atoms with Crippen molar-refractivity contribution >= 4 is 22.2 Å². The quantitative estimate of drug-likeness (QED) is 0.679. The summed E-state index contributed by atoms with van der Waals surface area (Å²) in [6, 6.07) is 8.06. The third-order valence-corrected chi connectivity index (χ3v) is 3.62. The van der Waals surface area contributed by atoms with Crippen molar-refractivity contribution in [3.05, 3.63) is 46.8 Å². The maximum absolute atomic E-state index is 5.78. The fraction of sp³-hybridized carbons (Fsp3) is 0.214. The van der Waals surface area contributed by atoms with E-state index in [1.807, 2.05) is 18.2 Å². The van der Waals surface area contributed by atoms with Crippen molar-refractivity contribution in [3.8, 4) is 5.75 Å². The van der Waals surface area contributed by atoms with Crippen molar-refractivity contribution in [2.24, 2.45) is 0 Å². The number of aromatic amines is 1. The minimum Gasteiger partial charge on any atom is -0.491 e. The van der Waals surface area contributed by atoms with Crippen molar-refractivity contribution in [1.29, 1.82) is 0 Å². The van der Waals surface area contributed by atoms with Gasteiger partial charge in [0.05, 0.1) is 17.1 Å². The molecule has 0 unspecified atom stereocenters. The van der Waals surface area contributed by atoms with Crippen molar-refractivity contribution < 1.29 is 4.74 Å². The summed E-state index contributed by atoms with van der Waals surface area (Å²) in [5.41, 5.74) is 2.32. The topological polar surface area (TPSA) is 49.9 Å². The largest absolute Gasteiger partial charge is 0.491 e. The average molecular weight is 273 g/mol. The summed E-state index contributed by atoms with van der Waals surface area (Å²) in [5, 5.41) is 15.6. The number of nitrogens with zero attached hydrogens (tertiary/aromatic N) is 1. The van der Waals surface area contributed by atoms with Crippen LogP contribution in [0.5, 0.6) is 5.75 Å². The van der Waals surface area contributed by atoms with Gasteiger partial charge in [0.1, 0.15) is 12.4 Å². The summed E-state index contributed by atoms with van der Waals surface area (Å²) in [7, 11) is 0. The lowest BCUT2D eigenvalue weighted by Gasteiger charge is -2.07. The minimum atomic E-state index is 0.647. The number of benzene rings is 1. The average Bonchev–Trinajstić information content (AvgIpc) is 3.09. The van der Waals surface area contributed by atoms with Gasteiger partial charge in [0.25, 0.3) is 0 Å². The van der Waals surface area contributed by atoms with Crippen LogP contribution in [0.3, 0.4) is 0 Å². The van der Waals surface area contributed by atoms with Gasteiger partial charge in [0, 0.05) is 13.1 Å². The molecule has 2 N–H and O–H groups in total. The molecule has 0 aliphatic carbocycles. The second kappa shape index (κ2) is 5.86. The van der Waals surface area contributed by atoms with Crippen LogP contribution in [0.2, 0.25) is 0 Å². The first kappa shape index (κ1) is 12.2. The SMILES string of the molecule is c1cc(OCCNCc2ccsc2)c2cn[nH]c2c1. The Balaban J connectivity index is 1.48. The van der Waals surface area contributed by atoms with E-state index in [1.54, 1.807) is 17.5 Å². The van der Waals surface area contributed by atoms with Crippen LogP contribution in [0.1, 0.15) is 5.56 Å². The van der Waals surface area contributed by atoms with Crippen LogP contribution in [0.4, 0.5) is 0 Å². The molecule has 2 heterocycles. The summed E-state index contributed by atoms with van der Waals surface area (Å²) in [6.07, 6.45) is 1.80. The molecule has 0 bridgehead atoms. The Morgan fingerprint density at radius 2 is 2.32 bits per heavy atom. The molecular weight excluding hydrogens is 258 g/mol. The van der Waals surface area contributed by atoms with Crippen LogP contribution in [-0.2, 0) is 6.54 Å². The number of ether oxygens (including phenoxy) is 1. The molecule has 0 atom stereocenters. The summed E-state index contributed by atoms with van der Waals surface area (Å²) in [6.45, 7) is 2.36. The van der Waals surface area contributed by atoms with Crippen molar-refractivity contribution in [2.75, 3.05) is 13.2 Å². The smallest absolute Gasteiger partial charge is 0.130 e. The number of aromatic nitrogens is 2. The third kappa shape index (κ3) is 2.94. The monoisotopic (exact) mass is 273 g/mol. The van der Waals surface area contributed by atoms with Crippen molar-refractivity contribution in [3.63, 3.8) is 0 Å². The van der Waals surface area contributed by atoms with Crippen LogP contribution in [0.15, 0.2) is 41.2 Å². The van der Waals surface area contributed by atoms with E-state index in [9.17, 15) is 0 Å². The number of hydrogen-bond donors (Lipinski definition) is 2. The minimum absolute atomic E-state index is 0.647. The number of thiophene rings is 1. The van der Waals surface area contributed by atoms with Gasteiger partial charge in [-0.15, -0.1) is 0 Å². The molecule has 2 aromatic heterocycles. The van der Waals surface area contributed by atoms with E-state index in [0.717, 1.165) is 29.7 Å². The third-order valence-electron chi connectivity index (χ3n) is 2.89. The molecule has 19 heavy (non-hydrogen) atoms. The van der Waals surface area contributed by atoms with Gasteiger partial charge in [-0.1, -0.05) is 6.07 Å². The molecule has 3 rings (SSSR count). The van der Waals surface area contributed by atoms with Crippen LogP contribution in [-0.4, -0.2) is 23.3 Å². The maximum Gasteiger partial charge on any atom is 0.130 e. The zero-order valence-electron chi connectivity index (χ0n) is 10.4. The van der Waals surface area contributed by atoms with E-state index < -0.39 is 0 Å². The molecule has 0 fully saturated rings. The summed E-state index contributed by atoms with van der Waals surface area (Å²) in [4.78, 5) is 0. The molecule has 0 spiro atoms. The van der Waals surface area contributed by atoms with Crippen molar-refractivity contribution in [2.45, 2.75) is 6.54 Å². The van der Waals surface area contributed by atoms with Gasteiger partial charge < -0.3 is 10.1 Å². The lowest BCUT2D eigenvalue weighted by atomic mass is 10.2. The number of H-pyrrole nitrogens is 1. The fourth-order valence-electron chi connectivity index (χ4n) is 1.93. The first-order valence-corrected chi connectivity index (χ1v) is 7.14. The van der Waals surface area contributed by atoms with Crippen LogP contribution in [0, 0.1) is 0 Å². The van der Waals surface area contributed by atoms with Gasteiger partial charge >= 0.3 is 0 Å². The van der Waals surface area contributed by atoms with Gasteiger partial charge in [-0.05, 0) is 34.5 Å². The first-order valence-electron chi connectivity index (χ1n) is 6.20. The number of nitrogens with one attached hydrogen (secondary N) is 2. The maximum atomic E-state index is 5.78. The van der Waals surface area contributed by atoms with Gasteiger partial charge in [-0.3, -0.25) is 5.10 Å². The predicted molar refractivity (Wildman–Crippen MR) is 77.6 cm³/mol. The number of fused-ring (bicyclic) bond motifs is 1. The van der Waals surface area contributed by atoms with E-state index >= 15 is 0 Å². The Morgan fingerprint density at radius 3 is 3.21 bits per heavy atom. The lowest BCUT2D eigenvalue weighted by molar-refractivity contribution is 0.317. The van der Waals surface area contributed by atoms with E-state index in [2.05, 4.69) is 32.3 Å². The number of rotatable bonds is 6. The lowest BCUT2D eigenvalue weighted by Crippen LogP contribution is -2.20. The molecule has 3 aromatic rings. The summed E-state index contributed by atoms with van der Waals surface area (Å²) >= 11 is 1.72. The van der Waals surface area contributed by atoms with Crippen LogP contribution < -0.4 is 10.1 Å². The van der Waals surface area contributed by atoms with Crippen LogP contribution in [0.25, 0.3) is 10.9 Å². The molecule has 0 saturated carbocycles. The Labute approximate surface area is 115 Å². The van der Waals surface area contributed by atoms with Gasteiger partial charge in [-0.25, -0.2) is 0 Å². The summed E-state index contributed by atoms with van der Waals surface area (Å²) < 4.78 is 5.78.